The lowest BCUT2D eigenvalue weighted by Gasteiger charge is -2.15. The van der Waals surface area contributed by atoms with E-state index in [0.717, 1.165) is 16.8 Å². The van der Waals surface area contributed by atoms with Crippen molar-refractivity contribution in [2.45, 2.75) is 54.3 Å². The summed E-state index contributed by atoms with van der Waals surface area (Å²) in [5.41, 5.74) is 5.14. The molecule has 1 heterocycles. The van der Waals surface area contributed by atoms with Crippen LogP contribution in [-0.2, 0) is 19.8 Å². The summed E-state index contributed by atoms with van der Waals surface area (Å²) in [5.74, 6) is -0.523. The molecule has 2 rings (SSSR count). The highest BCUT2D eigenvalue weighted by Crippen LogP contribution is 2.25. The maximum Gasteiger partial charge on any atom is 0.212 e. The molecule has 0 aliphatic heterocycles. The maximum atomic E-state index is 8.69. The Kier molecular flexibility index (Phi) is 4.04. The van der Waals surface area contributed by atoms with Gasteiger partial charge in [0.2, 0.25) is 5.69 Å². The molecule has 23 heavy (non-hydrogen) atoms. The number of benzene rings is 1. The summed E-state index contributed by atoms with van der Waals surface area (Å²) in [7, 11) is 1.91. The van der Waals surface area contributed by atoms with E-state index in [1.807, 2.05) is 45.4 Å². The summed E-state index contributed by atoms with van der Waals surface area (Å²) in [6, 6.07) is 8.09. The predicted molar refractivity (Wildman–Crippen MR) is 99.6 cm³/mol. The quantitative estimate of drug-likeness (QED) is 0.669. The van der Waals surface area contributed by atoms with Crippen LogP contribution in [-0.4, -0.2) is 0 Å². The van der Waals surface area contributed by atoms with Gasteiger partial charge in [-0.15, -0.1) is 0 Å². The van der Waals surface area contributed by atoms with Gasteiger partial charge >= 0.3 is 0 Å². The van der Waals surface area contributed by atoms with Crippen LogP contribution < -0.4 is 4.57 Å². The van der Waals surface area contributed by atoms with Gasteiger partial charge in [-0.05, 0) is 55.6 Å². The van der Waals surface area contributed by atoms with Crippen LogP contribution in [0.25, 0.3) is 11.3 Å². The molecule has 2 aromatic rings. The molecule has 0 saturated carbocycles. The average Bonchev–Trinajstić information content (AvgIpc) is 2.54. The Labute approximate surface area is 148 Å². The van der Waals surface area contributed by atoms with Crippen molar-refractivity contribution in [3.05, 3.63) is 52.7 Å². The molecule has 0 bridgehead atoms. The first-order valence-corrected chi connectivity index (χ1v) is 8.42. The molecular formula is C22H32N+. The van der Waals surface area contributed by atoms with Crippen LogP contribution in [0.3, 0.4) is 0 Å². The standard InChI is InChI=1S/C22H32N/c1-15(2)10-19-13-22(21-9-8-17(5)12-18(21)6)23(7)14-20(19)11-16(3)4/h8-9,12-16H,10-11H2,1-7H3/q+1/i10D2,11D2. The van der Waals surface area contributed by atoms with Gasteiger partial charge in [0.1, 0.15) is 7.05 Å². The van der Waals surface area contributed by atoms with Crippen LogP contribution in [0, 0.1) is 25.7 Å². The Morgan fingerprint density at radius 3 is 2.13 bits per heavy atom. The Morgan fingerprint density at radius 2 is 1.57 bits per heavy atom. The number of aryl methyl sites for hydroxylation is 3. The van der Waals surface area contributed by atoms with Gasteiger partial charge in [-0.1, -0.05) is 45.4 Å². The van der Waals surface area contributed by atoms with E-state index in [0.29, 0.717) is 11.1 Å². The zero-order valence-electron chi connectivity index (χ0n) is 19.5. The van der Waals surface area contributed by atoms with Gasteiger partial charge in [0.05, 0.1) is 0 Å². The minimum Gasteiger partial charge on any atom is -0.201 e. The minimum absolute atomic E-state index is 0.258. The monoisotopic (exact) mass is 314 g/mol. The topological polar surface area (TPSA) is 3.88 Å². The van der Waals surface area contributed by atoms with E-state index in [-0.39, 0.29) is 11.8 Å². The third-order valence-corrected chi connectivity index (χ3v) is 3.82. The fraction of sp³-hybridized carbons (Fsp3) is 0.500. The van der Waals surface area contributed by atoms with Crippen molar-refractivity contribution in [1.82, 2.24) is 0 Å². The molecule has 1 aromatic carbocycles. The molecule has 0 unspecified atom stereocenters. The lowest BCUT2D eigenvalue weighted by atomic mass is 9.92. The van der Waals surface area contributed by atoms with E-state index < -0.39 is 12.7 Å². The molecule has 1 aromatic heterocycles. The third kappa shape index (κ3) is 4.43. The zero-order chi connectivity index (χ0) is 20.7. The number of rotatable bonds is 5. The molecule has 0 fully saturated rings. The van der Waals surface area contributed by atoms with E-state index in [9.17, 15) is 0 Å². The van der Waals surface area contributed by atoms with Gasteiger partial charge in [-0.3, -0.25) is 0 Å². The normalized spacial score (nSPS) is 15.3. The summed E-state index contributed by atoms with van der Waals surface area (Å²) in [5, 5.41) is 0. The van der Waals surface area contributed by atoms with Crippen molar-refractivity contribution in [3.8, 4) is 11.3 Å². The smallest absolute Gasteiger partial charge is 0.201 e. The van der Waals surface area contributed by atoms with Crippen LogP contribution >= 0.6 is 0 Å². The molecule has 0 amide bonds. The van der Waals surface area contributed by atoms with E-state index in [1.54, 1.807) is 6.20 Å². The fourth-order valence-corrected chi connectivity index (χ4v) is 2.87. The van der Waals surface area contributed by atoms with Crippen molar-refractivity contribution in [2.75, 3.05) is 0 Å². The van der Waals surface area contributed by atoms with Crippen molar-refractivity contribution in [3.63, 3.8) is 0 Å². The molecule has 1 nitrogen and oxygen atoms in total. The summed E-state index contributed by atoms with van der Waals surface area (Å²) in [4.78, 5) is 0. The molecule has 0 saturated heterocycles. The number of pyridine rings is 1. The molecule has 1 heteroatoms. The fourth-order valence-electron chi connectivity index (χ4n) is 2.87. The number of hydrogen-bond donors (Lipinski definition) is 0. The molecule has 0 aliphatic rings. The van der Waals surface area contributed by atoms with Crippen molar-refractivity contribution in [2.24, 2.45) is 18.9 Å². The molecule has 0 radical (unpaired) electrons. The lowest BCUT2D eigenvalue weighted by Crippen LogP contribution is -2.32. The molecule has 124 valence electrons. The first kappa shape index (κ1) is 12.8. The summed E-state index contributed by atoms with van der Waals surface area (Å²) in [6.45, 7) is 11.5. The van der Waals surface area contributed by atoms with Crippen molar-refractivity contribution >= 4 is 0 Å². The van der Waals surface area contributed by atoms with Crippen LogP contribution in [0.1, 0.15) is 55.4 Å². The van der Waals surface area contributed by atoms with Crippen LogP contribution in [0.5, 0.6) is 0 Å². The van der Waals surface area contributed by atoms with Gasteiger partial charge in [0, 0.05) is 22.7 Å². The van der Waals surface area contributed by atoms with Gasteiger partial charge in [0.25, 0.3) is 0 Å². The molecule has 0 N–H and O–H groups in total. The molecular weight excluding hydrogens is 278 g/mol. The van der Waals surface area contributed by atoms with Crippen LogP contribution in [0.4, 0.5) is 0 Å². The van der Waals surface area contributed by atoms with E-state index in [1.165, 1.54) is 5.56 Å². The SMILES string of the molecule is [2H]C([2H])(c1cc(-c2ccc(C)cc2C)[n+](C)cc1C([2H])([2H])C(C)C)C(C)C. The minimum atomic E-state index is -1.63. The van der Waals surface area contributed by atoms with E-state index >= 15 is 0 Å². The number of hydrogen-bond acceptors (Lipinski definition) is 0. The van der Waals surface area contributed by atoms with Gasteiger partial charge in [0.15, 0.2) is 6.20 Å². The molecule has 0 atom stereocenters. The first-order chi connectivity index (χ1) is 12.3. The number of nitrogens with zero attached hydrogens (tertiary/aromatic N) is 1. The summed E-state index contributed by atoms with van der Waals surface area (Å²) in [6.07, 6.45) is -1.46. The second-order valence-corrected chi connectivity index (χ2v) is 7.01. The maximum absolute atomic E-state index is 8.69. The average molecular weight is 315 g/mol. The second kappa shape index (κ2) is 7.29. The Hall–Kier alpha value is -1.63. The second-order valence-electron chi connectivity index (χ2n) is 7.01. The van der Waals surface area contributed by atoms with Crippen molar-refractivity contribution < 1.29 is 10.1 Å². The highest BCUT2D eigenvalue weighted by atomic mass is 14.9. The lowest BCUT2D eigenvalue weighted by molar-refractivity contribution is -0.660. The number of aromatic nitrogens is 1. The Bertz CT molecular complexity index is 838. The van der Waals surface area contributed by atoms with Gasteiger partial charge in [-0.2, -0.15) is 0 Å². The Balaban J connectivity index is 2.85. The summed E-state index contributed by atoms with van der Waals surface area (Å²) >= 11 is 0. The highest BCUT2D eigenvalue weighted by Gasteiger charge is 2.18. The van der Waals surface area contributed by atoms with E-state index in [2.05, 4.69) is 32.0 Å². The highest BCUT2D eigenvalue weighted by molar-refractivity contribution is 5.62. The van der Waals surface area contributed by atoms with Gasteiger partial charge in [-0.25, -0.2) is 4.57 Å². The van der Waals surface area contributed by atoms with Crippen molar-refractivity contribution in [1.29, 1.82) is 0 Å². The van der Waals surface area contributed by atoms with Gasteiger partial charge < -0.3 is 0 Å². The molecule has 0 spiro atoms. The first-order valence-electron chi connectivity index (χ1n) is 10.4. The van der Waals surface area contributed by atoms with E-state index in [4.69, 9.17) is 5.48 Å². The van der Waals surface area contributed by atoms with Crippen LogP contribution in [0.2, 0.25) is 0 Å². The van der Waals surface area contributed by atoms with Crippen LogP contribution in [0.15, 0.2) is 30.5 Å². The third-order valence-electron chi connectivity index (χ3n) is 3.82. The predicted octanol–water partition coefficient (Wildman–Crippen LogP) is 5.19. The largest absolute Gasteiger partial charge is 0.212 e. The Morgan fingerprint density at radius 1 is 0.957 bits per heavy atom. The zero-order valence-corrected chi connectivity index (χ0v) is 15.5. The summed E-state index contributed by atoms with van der Waals surface area (Å²) < 4.78 is 36.5. The molecule has 0 aliphatic carbocycles.